The van der Waals surface area contributed by atoms with Crippen LogP contribution in [0.25, 0.3) is 0 Å². The standard InChI is InChI=1S/C20H23NO6S/c1-5-25-19(23)15-14(16(28-17(15)21)20(24)26-6-2)10-27-18(22)13-9-11(3)7-8-12(13)4/h7-9H,5-6,10,21H2,1-4H3. The molecular formula is C20H23NO6S. The Kier molecular flexibility index (Phi) is 7.17. The molecular weight excluding hydrogens is 382 g/mol. The lowest BCUT2D eigenvalue weighted by Crippen LogP contribution is -2.14. The first-order valence-electron chi connectivity index (χ1n) is 8.79. The Morgan fingerprint density at radius 1 is 0.964 bits per heavy atom. The molecule has 8 heteroatoms. The zero-order valence-electron chi connectivity index (χ0n) is 16.3. The predicted molar refractivity (Wildman–Crippen MR) is 106 cm³/mol. The van der Waals surface area contributed by atoms with E-state index < -0.39 is 17.9 Å². The third-order valence-electron chi connectivity index (χ3n) is 3.94. The highest BCUT2D eigenvalue weighted by atomic mass is 32.1. The zero-order chi connectivity index (χ0) is 20.8. The minimum atomic E-state index is -0.676. The van der Waals surface area contributed by atoms with Crippen molar-refractivity contribution in [1.82, 2.24) is 0 Å². The lowest BCUT2D eigenvalue weighted by atomic mass is 10.1. The number of thiophene rings is 1. The van der Waals surface area contributed by atoms with Gasteiger partial charge < -0.3 is 19.9 Å². The summed E-state index contributed by atoms with van der Waals surface area (Å²) in [5.41, 5.74) is 8.25. The highest BCUT2D eigenvalue weighted by Gasteiger charge is 2.28. The molecule has 0 saturated heterocycles. The third kappa shape index (κ3) is 4.69. The van der Waals surface area contributed by atoms with Crippen LogP contribution >= 0.6 is 11.3 Å². The molecule has 0 bridgehead atoms. The van der Waals surface area contributed by atoms with E-state index in [1.807, 2.05) is 19.1 Å². The number of aryl methyl sites for hydroxylation is 2. The van der Waals surface area contributed by atoms with Gasteiger partial charge in [0.25, 0.3) is 0 Å². The van der Waals surface area contributed by atoms with E-state index in [2.05, 4.69) is 0 Å². The Morgan fingerprint density at radius 3 is 2.25 bits per heavy atom. The van der Waals surface area contributed by atoms with Gasteiger partial charge in [-0.15, -0.1) is 11.3 Å². The first-order valence-corrected chi connectivity index (χ1v) is 9.61. The molecule has 0 unspecified atom stereocenters. The SMILES string of the molecule is CCOC(=O)c1sc(N)c(C(=O)OCC)c1COC(=O)c1cc(C)ccc1C. The maximum Gasteiger partial charge on any atom is 0.348 e. The molecule has 28 heavy (non-hydrogen) atoms. The molecule has 0 fully saturated rings. The molecule has 1 heterocycles. The average Bonchev–Trinajstić information content (AvgIpc) is 2.98. The Bertz CT molecular complexity index is 902. The van der Waals surface area contributed by atoms with Gasteiger partial charge in [-0.05, 0) is 39.3 Å². The number of nitrogens with two attached hydrogens (primary N) is 1. The van der Waals surface area contributed by atoms with Crippen LogP contribution in [-0.2, 0) is 20.8 Å². The van der Waals surface area contributed by atoms with Crippen LogP contribution in [0.3, 0.4) is 0 Å². The van der Waals surface area contributed by atoms with E-state index in [4.69, 9.17) is 19.9 Å². The van der Waals surface area contributed by atoms with Crippen LogP contribution in [0.2, 0.25) is 0 Å². The molecule has 2 N–H and O–H groups in total. The van der Waals surface area contributed by atoms with Crippen molar-refractivity contribution >= 4 is 34.2 Å². The lowest BCUT2D eigenvalue weighted by molar-refractivity contribution is 0.0437. The number of hydrogen-bond donors (Lipinski definition) is 1. The van der Waals surface area contributed by atoms with Crippen molar-refractivity contribution in [3.05, 3.63) is 50.9 Å². The van der Waals surface area contributed by atoms with Crippen LogP contribution in [0.5, 0.6) is 0 Å². The van der Waals surface area contributed by atoms with Crippen molar-refractivity contribution in [2.24, 2.45) is 0 Å². The van der Waals surface area contributed by atoms with Gasteiger partial charge in [-0.2, -0.15) is 0 Å². The zero-order valence-corrected chi connectivity index (χ0v) is 17.1. The van der Waals surface area contributed by atoms with Crippen LogP contribution in [0, 0.1) is 13.8 Å². The molecule has 7 nitrogen and oxygen atoms in total. The number of hydrogen-bond acceptors (Lipinski definition) is 8. The van der Waals surface area contributed by atoms with Crippen molar-refractivity contribution < 1.29 is 28.6 Å². The highest BCUT2D eigenvalue weighted by Crippen LogP contribution is 2.33. The fourth-order valence-electron chi connectivity index (χ4n) is 2.58. The van der Waals surface area contributed by atoms with Crippen molar-refractivity contribution in [2.75, 3.05) is 18.9 Å². The summed E-state index contributed by atoms with van der Waals surface area (Å²) in [6, 6.07) is 5.43. The number of benzene rings is 1. The van der Waals surface area contributed by atoms with Crippen molar-refractivity contribution in [2.45, 2.75) is 34.3 Å². The summed E-state index contributed by atoms with van der Waals surface area (Å²) in [6.07, 6.45) is 0. The van der Waals surface area contributed by atoms with E-state index in [1.165, 1.54) is 0 Å². The van der Waals surface area contributed by atoms with E-state index in [9.17, 15) is 14.4 Å². The molecule has 0 spiro atoms. The normalized spacial score (nSPS) is 10.4. The summed E-state index contributed by atoms with van der Waals surface area (Å²) in [6.45, 7) is 6.99. The molecule has 1 aromatic heterocycles. The molecule has 0 aliphatic carbocycles. The van der Waals surface area contributed by atoms with E-state index in [1.54, 1.807) is 26.8 Å². The quantitative estimate of drug-likeness (QED) is 0.553. The number of nitrogen functional groups attached to an aromatic ring is 1. The average molecular weight is 405 g/mol. The number of ether oxygens (including phenoxy) is 3. The van der Waals surface area contributed by atoms with Gasteiger partial charge in [0.05, 0.1) is 18.8 Å². The minimum absolute atomic E-state index is 0.0312. The third-order valence-corrected chi connectivity index (χ3v) is 4.98. The van der Waals surface area contributed by atoms with Gasteiger partial charge in [0, 0.05) is 5.56 Å². The Balaban J connectivity index is 2.36. The fraction of sp³-hybridized carbons (Fsp3) is 0.350. The van der Waals surface area contributed by atoms with Crippen LogP contribution in [0.4, 0.5) is 5.00 Å². The first kappa shape index (κ1) is 21.4. The monoisotopic (exact) mass is 405 g/mol. The Labute approximate surface area is 167 Å². The van der Waals surface area contributed by atoms with E-state index >= 15 is 0 Å². The van der Waals surface area contributed by atoms with Gasteiger partial charge in [-0.1, -0.05) is 17.7 Å². The largest absolute Gasteiger partial charge is 0.462 e. The predicted octanol–water partition coefficient (Wildman–Crippen LogP) is 3.66. The topological polar surface area (TPSA) is 105 Å². The molecule has 0 saturated carbocycles. The van der Waals surface area contributed by atoms with Gasteiger partial charge in [0.2, 0.25) is 0 Å². The number of carbonyl (C=O) groups excluding carboxylic acids is 3. The fourth-order valence-corrected chi connectivity index (χ4v) is 3.54. The van der Waals surface area contributed by atoms with Crippen molar-refractivity contribution in [3.63, 3.8) is 0 Å². The van der Waals surface area contributed by atoms with Crippen LogP contribution < -0.4 is 5.73 Å². The molecule has 0 amide bonds. The molecule has 1 aromatic carbocycles. The van der Waals surface area contributed by atoms with E-state index in [-0.39, 0.29) is 40.8 Å². The van der Waals surface area contributed by atoms with Crippen molar-refractivity contribution in [3.8, 4) is 0 Å². The molecule has 0 aliphatic rings. The lowest BCUT2D eigenvalue weighted by Gasteiger charge is -2.10. The summed E-state index contributed by atoms with van der Waals surface area (Å²) in [7, 11) is 0. The Hall–Kier alpha value is -2.87. The maximum atomic E-state index is 12.5. The van der Waals surface area contributed by atoms with Gasteiger partial charge in [0.15, 0.2) is 0 Å². The van der Waals surface area contributed by atoms with Gasteiger partial charge in [-0.3, -0.25) is 0 Å². The molecule has 2 rings (SSSR count). The number of carbonyl (C=O) groups is 3. The van der Waals surface area contributed by atoms with Crippen LogP contribution in [0.15, 0.2) is 18.2 Å². The minimum Gasteiger partial charge on any atom is -0.462 e. The van der Waals surface area contributed by atoms with Crippen molar-refractivity contribution in [1.29, 1.82) is 0 Å². The number of esters is 3. The second kappa shape index (κ2) is 9.36. The summed E-state index contributed by atoms with van der Waals surface area (Å²) < 4.78 is 15.4. The summed E-state index contributed by atoms with van der Waals surface area (Å²) >= 11 is 0.907. The van der Waals surface area contributed by atoms with Gasteiger partial charge in [0.1, 0.15) is 22.0 Å². The van der Waals surface area contributed by atoms with Crippen LogP contribution in [0.1, 0.15) is 60.9 Å². The summed E-state index contributed by atoms with van der Waals surface area (Å²) in [5, 5.41) is 0.110. The Morgan fingerprint density at radius 2 is 1.61 bits per heavy atom. The summed E-state index contributed by atoms with van der Waals surface area (Å²) in [4.78, 5) is 37.2. The second-order valence-electron chi connectivity index (χ2n) is 5.98. The van der Waals surface area contributed by atoms with Gasteiger partial charge in [-0.25, -0.2) is 14.4 Å². The number of rotatable bonds is 7. The van der Waals surface area contributed by atoms with Gasteiger partial charge >= 0.3 is 17.9 Å². The van der Waals surface area contributed by atoms with E-state index in [0.717, 1.165) is 22.5 Å². The molecule has 0 aliphatic heterocycles. The maximum absolute atomic E-state index is 12.5. The van der Waals surface area contributed by atoms with Crippen LogP contribution in [-0.4, -0.2) is 31.1 Å². The second-order valence-corrected chi connectivity index (χ2v) is 7.04. The molecule has 2 aromatic rings. The van der Waals surface area contributed by atoms with E-state index in [0.29, 0.717) is 5.56 Å². The summed E-state index contributed by atoms with van der Waals surface area (Å²) in [5.74, 6) is -1.87. The molecule has 150 valence electrons. The highest BCUT2D eigenvalue weighted by molar-refractivity contribution is 7.18. The smallest absolute Gasteiger partial charge is 0.348 e. The number of anilines is 1. The molecule has 0 atom stereocenters. The molecule has 0 radical (unpaired) electrons. The first-order chi connectivity index (χ1) is 13.3.